The van der Waals surface area contributed by atoms with E-state index in [1.807, 2.05) is 4.90 Å². The number of benzene rings is 2. The molecule has 2 aromatic carbocycles. The summed E-state index contributed by atoms with van der Waals surface area (Å²) in [6, 6.07) is 15.4. The maximum absolute atomic E-state index is 14.5. The molecule has 1 amide bonds. The van der Waals surface area contributed by atoms with E-state index in [4.69, 9.17) is 4.98 Å². The Morgan fingerprint density at radius 2 is 1.83 bits per heavy atom. The second-order valence-electron chi connectivity index (χ2n) is 13.2. The van der Waals surface area contributed by atoms with Crippen LogP contribution >= 0.6 is 0 Å². The van der Waals surface area contributed by atoms with Crippen LogP contribution in [0, 0.1) is 22.7 Å². The number of likely N-dealkylation sites (tertiary alicyclic amines) is 1. The van der Waals surface area contributed by atoms with E-state index in [1.165, 1.54) is 17.3 Å². The Bertz CT molecular complexity index is 2050. The number of carbonyl (C=O) groups excluding carboxylic acids is 1. The Labute approximate surface area is 273 Å². The van der Waals surface area contributed by atoms with Crippen LogP contribution in [0.1, 0.15) is 58.8 Å². The van der Waals surface area contributed by atoms with Gasteiger partial charge in [0, 0.05) is 37.8 Å². The predicted octanol–water partition coefficient (Wildman–Crippen LogP) is 5.02. The van der Waals surface area contributed by atoms with E-state index >= 15 is 0 Å². The maximum Gasteiger partial charge on any atom is 0.416 e. The van der Waals surface area contributed by atoms with Crippen molar-refractivity contribution in [3.63, 3.8) is 0 Å². The number of hydrogen-bond acceptors (Lipinski definition) is 9. The van der Waals surface area contributed by atoms with Gasteiger partial charge >= 0.3 is 6.18 Å². The summed E-state index contributed by atoms with van der Waals surface area (Å²) in [5.41, 5.74) is -0.0324. The minimum atomic E-state index is -4.71. The SMILES string of the molecule is Cn1cnnc1-c1ccc(C#N)cc1-c1cc(NC2(CC#N)CC2)nc(N2Cc3c(cc(CN4CC(C)(O)C4)cc3C(F)(F)F)C2=O)c1. The van der Waals surface area contributed by atoms with Crippen LogP contribution in [0.25, 0.3) is 22.5 Å². The molecule has 0 bridgehead atoms. The summed E-state index contributed by atoms with van der Waals surface area (Å²) < 4.78 is 45.1. The van der Waals surface area contributed by atoms with Crippen molar-refractivity contribution in [3.8, 4) is 34.7 Å². The van der Waals surface area contributed by atoms with Crippen molar-refractivity contribution in [2.45, 2.75) is 56.6 Å². The van der Waals surface area contributed by atoms with E-state index in [2.05, 4.69) is 27.7 Å². The fourth-order valence-corrected chi connectivity index (χ4v) is 6.65. The lowest BCUT2D eigenvalue weighted by atomic mass is 9.94. The zero-order chi connectivity index (χ0) is 34.0. The van der Waals surface area contributed by atoms with Crippen molar-refractivity contribution in [3.05, 3.63) is 76.6 Å². The first-order valence-corrected chi connectivity index (χ1v) is 15.3. The molecule has 0 spiro atoms. The zero-order valence-electron chi connectivity index (χ0n) is 26.1. The molecule has 7 rings (SSSR count). The summed E-state index contributed by atoms with van der Waals surface area (Å²) in [7, 11) is 1.78. The minimum Gasteiger partial charge on any atom is -0.388 e. The summed E-state index contributed by atoms with van der Waals surface area (Å²) in [6.07, 6.45) is -1.49. The van der Waals surface area contributed by atoms with Crippen LogP contribution in [-0.4, -0.2) is 59.9 Å². The number of alkyl halides is 3. The monoisotopic (exact) mass is 653 g/mol. The van der Waals surface area contributed by atoms with Crippen LogP contribution in [0.5, 0.6) is 0 Å². The highest BCUT2D eigenvalue weighted by atomic mass is 19.4. The van der Waals surface area contributed by atoms with E-state index in [9.17, 15) is 33.6 Å². The third-order valence-electron chi connectivity index (χ3n) is 9.11. The number of carbonyl (C=O) groups is 1. The number of aryl methyl sites for hydroxylation is 1. The number of rotatable bonds is 8. The molecule has 0 atom stereocenters. The summed E-state index contributed by atoms with van der Waals surface area (Å²) in [5, 5.41) is 40.9. The van der Waals surface area contributed by atoms with E-state index in [0.29, 0.717) is 52.5 Å². The van der Waals surface area contributed by atoms with Crippen LogP contribution in [0.3, 0.4) is 0 Å². The summed E-state index contributed by atoms with van der Waals surface area (Å²) in [4.78, 5) is 21.7. The Morgan fingerprint density at radius 3 is 2.46 bits per heavy atom. The van der Waals surface area contributed by atoms with E-state index in [1.54, 1.807) is 48.9 Å². The van der Waals surface area contributed by atoms with Crippen molar-refractivity contribution in [2.75, 3.05) is 23.3 Å². The van der Waals surface area contributed by atoms with Crippen LogP contribution in [0.15, 0.2) is 48.8 Å². The molecular weight excluding hydrogens is 623 g/mol. The lowest BCUT2D eigenvalue weighted by Gasteiger charge is -2.44. The Hall–Kier alpha value is -5.31. The molecule has 244 valence electrons. The average Bonchev–Trinajstić information content (AvgIpc) is 3.49. The zero-order valence-corrected chi connectivity index (χ0v) is 26.1. The molecule has 3 aliphatic rings. The van der Waals surface area contributed by atoms with Crippen LogP contribution < -0.4 is 10.2 Å². The lowest BCUT2D eigenvalue weighted by Crippen LogP contribution is -2.59. The Morgan fingerprint density at radius 1 is 1.06 bits per heavy atom. The highest BCUT2D eigenvalue weighted by Crippen LogP contribution is 2.44. The van der Waals surface area contributed by atoms with E-state index in [-0.39, 0.29) is 36.5 Å². The third kappa shape index (κ3) is 5.74. The second-order valence-corrected chi connectivity index (χ2v) is 13.2. The van der Waals surface area contributed by atoms with Gasteiger partial charge in [-0.2, -0.15) is 23.7 Å². The summed E-state index contributed by atoms with van der Waals surface area (Å²) in [5.74, 6) is 0.345. The number of anilines is 2. The van der Waals surface area contributed by atoms with Crippen LogP contribution in [0.4, 0.5) is 24.8 Å². The third-order valence-corrected chi connectivity index (χ3v) is 9.11. The largest absolute Gasteiger partial charge is 0.416 e. The van der Waals surface area contributed by atoms with Crippen molar-refractivity contribution < 1.29 is 23.1 Å². The topological polar surface area (TPSA) is 147 Å². The molecule has 2 fully saturated rings. The van der Waals surface area contributed by atoms with Crippen LogP contribution in [-0.2, 0) is 26.3 Å². The molecule has 0 unspecified atom stereocenters. The van der Waals surface area contributed by atoms with E-state index < -0.39 is 28.8 Å². The molecule has 11 nitrogen and oxygen atoms in total. The molecule has 2 aromatic heterocycles. The van der Waals surface area contributed by atoms with Crippen molar-refractivity contribution in [2.24, 2.45) is 7.05 Å². The fourth-order valence-electron chi connectivity index (χ4n) is 6.65. The first-order valence-electron chi connectivity index (χ1n) is 15.3. The highest BCUT2D eigenvalue weighted by Gasteiger charge is 2.44. The number of nitriles is 2. The van der Waals surface area contributed by atoms with Gasteiger partial charge in [0.05, 0.1) is 47.4 Å². The molecule has 4 heterocycles. The van der Waals surface area contributed by atoms with E-state index in [0.717, 1.165) is 18.9 Å². The number of pyridine rings is 1. The summed E-state index contributed by atoms with van der Waals surface area (Å²) in [6.45, 7) is 2.10. The maximum atomic E-state index is 14.5. The Balaban J connectivity index is 1.33. The number of nitrogens with zero attached hydrogens (tertiary/aromatic N) is 8. The molecule has 1 saturated carbocycles. The quantitative estimate of drug-likeness (QED) is 0.268. The standard InChI is InChI=1S/C34H30F3N9O2/c1-32(48)17-45(18-32)15-21-10-25-26(27(11-21)34(35,36)37)16-46(31(25)47)29-13-22(12-28(41-29)42-33(5-6-33)7-8-38)24-9-20(14-39)3-4-23(24)30-43-40-19-44(30)2/h3-4,9-13,19,48H,5-7,15-18H2,1-2H3,(H,41,42). The molecular formula is C34H30F3N9O2. The lowest BCUT2D eigenvalue weighted by molar-refractivity contribution is -0.138. The summed E-state index contributed by atoms with van der Waals surface area (Å²) >= 11 is 0. The van der Waals surface area contributed by atoms with Gasteiger partial charge in [-0.1, -0.05) is 0 Å². The van der Waals surface area contributed by atoms with Crippen LogP contribution in [0.2, 0.25) is 0 Å². The molecule has 4 aromatic rings. The van der Waals surface area contributed by atoms with Crippen molar-refractivity contribution >= 4 is 17.5 Å². The van der Waals surface area contributed by atoms with Gasteiger partial charge < -0.3 is 15.0 Å². The number of nitrogens with one attached hydrogen (secondary N) is 1. The number of hydrogen-bond donors (Lipinski definition) is 2. The molecule has 2 aliphatic heterocycles. The van der Waals surface area contributed by atoms with Gasteiger partial charge in [-0.05, 0) is 84.5 Å². The molecule has 1 aliphatic carbocycles. The predicted molar refractivity (Wildman–Crippen MR) is 168 cm³/mol. The number of halogens is 3. The first-order chi connectivity index (χ1) is 22.8. The molecule has 2 N–H and O–H groups in total. The minimum absolute atomic E-state index is 0.0526. The van der Waals surface area contributed by atoms with Gasteiger partial charge in [0.2, 0.25) is 0 Å². The van der Waals surface area contributed by atoms with Gasteiger partial charge in [-0.25, -0.2) is 4.98 Å². The van der Waals surface area contributed by atoms with Crippen molar-refractivity contribution in [1.82, 2.24) is 24.6 Å². The molecule has 48 heavy (non-hydrogen) atoms. The number of aromatic nitrogens is 4. The van der Waals surface area contributed by atoms with Gasteiger partial charge in [0.25, 0.3) is 5.91 Å². The first kappa shape index (κ1) is 31.3. The second kappa shape index (κ2) is 11.1. The normalized spacial score (nSPS) is 17.8. The van der Waals surface area contributed by atoms with Gasteiger partial charge in [-0.3, -0.25) is 14.6 Å². The fraction of sp³-hybridized carbons (Fsp3) is 0.353. The number of aliphatic hydroxyl groups is 1. The van der Waals surface area contributed by atoms with Gasteiger partial charge in [0.15, 0.2) is 5.82 Å². The number of amides is 1. The Kier molecular flexibility index (Phi) is 7.27. The number of β-amino-alcohol motifs (C(OH)–C–C–N with tert-alkyl or cyclic N) is 1. The molecule has 0 radical (unpaired) electrons. The van der Waals surface area contributed by atoms with Crippen molar-refractivity contribution in [1.29, 1.82) is 10.5 Å². The highest BCUT2D eigenvalue weighted by molar-refractivity contribution is 6.10. The smallest absolute Gasteiger partial charge is 0.388 e. The molecule has 1 saturated heterocycles. The number of fused-ring (bicyclic) bond motifs is 1. The molecule has 14 heteroatoms. The average molecular weight is 654 g/mol. The van der Waals surface area contributed by atoms with Gasteiger partial charge in [-0.15, -0.1) is 10.2 Å². The van der Waals surface area contributed by atoms with Gasteiger partial charge in [0.1, 0.15) is 18.0 Å².